The van der Waals surface area contributed by atoms with Gasteiger partial charge in [0.15, 0.2) is 0 Å². The molecule has 0 aliphatic heterocycles. The van der Waals surface area contributed by atoms with Gasteiger partial charge in [0.25, 0.3) is 0 Å². The summed E-state index contributed by atoms with van der Waals surface area (Å²) in [5.74, 6) is 0.743. The van der Waals surface area contributed by atoms with Crippen molar-refractivity contribution in [1.82, 2.24) is 15.5 Å². The number of aromatic nitrogens is 2. The second-order valence-corrected chi connectivity index (χ2v) is 5.32. The van der Waals surface area contributed by atoms with E-state index in [1.54, 1.807) is 0 Å². The number of aryl methyl sites for hydroxylation is 2. The maximum absolute atomic E-state index is 4.34. The lowest BCUT2D eigenvalue weighted by Gasteiger charge is -2.21. The molecular formula is C15H27N3. The zero-order valence-electron chi connectivity index (χ0n) is 12.5. The van der Waals surface area contributed by atoms with Crippen LogP contribution in [0.3, 0.4) is 0 Å². The third-order valence-electron chi connectivity index (χ3n) is 3.22. The first-order chi connectivity index (χ1) is 8.58. The van der Waals surface area contributed by atoms with Crippen molar-refractivity contribution in [3.8, 4) is 0 Å². The van der Waals surface area contributed by atoms with E-state index in [1.165, 1.54) is 18.4 Å². The van der Waals surface area contributed by atoms with Crippen molar-refractivity contribution in [3.63, 3.8) is 0 Å². The third kappa shape index (κ3) is 4.37. The van der Waals surface area contributed by atoms with Crippen LogP contribution in [0.15, 0.2) is 6.07 Å². The Balaban J connectivity index is 2.92. The molecule has 18 heavy (non-hydrogen) atoms. The smallest absolute Gasteiger partial charge is 0.0676 e. The van der Waals surface area contributed by atoms with Crippen molar-refractivity contribution < 1.29 is 0 Å². The molecule has 0 saturated carbocycles. The van der Waals surface area contributed by atoms with Gasteiger partial charge in [-0.15, -0.1) is 0 Å². The van der Waals surface area contributed by atoms with Gasteiger partial charge >= 0.3 is 0 Å². The van der Waals surface area contributed by atoms with Gasteiger partial charge in [0.05, 0.1) is 11.4 Å². The quantitative estimate of drug-likeness (QED) is 0.804. The Hall–Kier alpha value is -0.960. The summed E-state index contributed by atoms with van der Waals surface area (Å²) in [4.78, 5) is 0. The maximum Gasteiger partial charge on any atom is 0.0676 e. The normalized spacial score (nSPS) is 13.0. The fraction of sp³-hybridized carbons (Fsp3) is 0.733. The summed E-state index contributed by atoms with van der Waals surface area (Å²) in [5, 5.41) is 12.1. The highest BCUT2D eigenvalue weighted by Gasteiger charge is 2.16. The molecule has 0 radical (unpaired) electrons. The van der Waals surface area contributed by atoms with Crippen LogP contribution in [0, 0.1) is 12.8 Å². The molecule has 0 aromatic carbocycles. The highest BCUT2D eigenvalue weighted by atomic mass is 15.1. The summed E-state index contributed by atoms with van der Waals surface area (Å²) in [6, 6.07) is 2.61. The van der Waals surface area contributed by atoms with E-state index in [2.05, 4.69) is 49.3 Å². The van der Waals surface area contributed by atoms with Crippen LogP contribution in [0.4, 0.5) is 0 Å². The number of hydrogen-bond acceptors (Lipinski definition) is 3. The number of rotatable bonds is 7. The Kier molecular flexibility index (Phi) is 6.27. The Bertz CT molecular complexity index is 361. The summed E-state index contributed by atoms with van der Waals surface area (Å²) < 4.78 is 0. The van der Waals surface area contributed by atoms with Gasteiger partial charge in [0, 0.05) is 6.04 Å². The minimum absolute atomic E-state index is 0.418. The average molecular weight is 249 g/mol. The Morgan fingerprint density at radius 1 is 1.17 bits per heavy atom. The molecule has 0 bridgehead atoms. The monoisotopic (exact) mass is 249 g/mol. The molecule has 1 N–H and O–H groups in total. The van der Waals surface area contributed by atoms with Crippen LogP contribution in [0.1, 0.15) is 63.5 Å². The molecule has 0 spiro atoms. The SMILES string of the molecule is CCNC(CCC(C)C)c1cc(C)nnc1CC. The van der Waals surface area contributed by atoms with Crippen LogP contribution in [0.25, 0.3) is 0 Å². The molecule has 0 saturated heterocycles. The fourth-order valence-electron chi connectivity index (χ4n) is 2.22. The zero-order chi connectivity index (χ0) is 13.5. The lowest BCUT2D eigenvalue weighted by Crippen LogP contribution is -2.23. The van der Waals surface area contributed by atoms with Gasteiger partial charge in [-0.1, -0.05) is 27.7 Å². The average Bonchev–Trinajstić information content (AvgIpc) is 2.34. The van der Waals surface area contributed by atoms with Crippen LogP contribution < -0.4 is 5.32 Å². The first-order valence-electron chi connectivity index (χ1n) is 7.14. The van der Waals surface area contributed by atoms with E-state index in [0.29, 0.717) is 6.04 Å². The van der Waals surface area contributed by atoms with Crippen molar-refractivity contribution in [2.24, 2.45) is 5.92 Å². The molecule has 102 valence electrons. The third-order valence-corrected chi connectivity index (χ3v) is 3.22. The molecule has 1 rings (SSSR count). The van der Waals surface area contributed by atoms with E-state index >= 15 is 0 Å². The molecular weight excluding hydrogens is 222 g/mol. The van der Waals surface area contributed by atoms with Crippen molar-refractivity contribution in [3.05, 3.63) is 23.0 Å². The molecule has 1 aromatic rings. The van der Waals surface area contributed by atoms with Crippen LogP contribution in [0.5, 0.6) is 0 Å². The summed E-state index contributed by atoms with van der Waals surface area (Å²) >= 11 is 0. The van der Waals surface area contributed by atoms with Gasteiger partial charge in [-0.3, -0.25) is 0 Å². The Morgan fingerprint density at radius 3 is 2.44 bits per heavy atom. The minimum Gasteiger partial charge on any atom is -0.310 e. The summed E-state index contributed by atoms with van der Waals surface area (Å²) in [6.07, 6.45) is 3.36. The fourth-order valence-corrected chi connectivity index (χ4v) is 2.22. The zero-order valence-corrected chi connectivity index (χ0v) is 12.5. The van der Waals surface area contributed by atoms with Crippen LogP contribution >= 0.6 is 0 Å². The topological polar surface area (TPSA) is 37.8 Å². The van der Waals surface area contributed by atoms with Crippen LogP contribution in [0.2, 0.25) is 0 Å². The molecule has 1 heterocycles. The number of nitrogens with one attached hydrogen (secondary N) is 1. The molecule has 1 unspecified atom stereocenters. The largest absolute Gasteiger partial charge is 0.310 e. The second-order valence-electron chi connectivity index (χ2n) is 5.32. The highest BCUT2D eigenvalue weighted by Crippen LogP contribution is 2.23. The Labute approximate surface area is 111 Å². The predicted molar refractivity (Wildman–Crippen MR) is 76.6 cm³/mol. The van der Waals surface area contributed by atoms with E-state index < -0.39 is 0 Å². The van der Waals surface area contributed by atoms with E-state index in [0.717, 1.165) is 30.3 Å². The van der Waals surface area contributed by atoms with Crippen molar-refractivity contribution in [2.45, 2.75) is 59.9 Å². The highest BCUT2D eigenvalue weighted by molar-refractivity contribution is 5.24. The minimum atomic E-state index is 0.418. The van der Waals surface area contributed by atoms with Gasteiger partial charge in [-0.2, -0.15) is 10.2 Å². The van der Waals surface area contributed by atoms with Gasteiger partial charge in [-0.25, -0.2) is 0 Å². The van der Waals surface area contributed by atoms with E-state index in [1.807, 2.05) is 6.92 Å². The standard InChI is InChI=1S/C15H27N3/c1-6-14-13(10-12(5)17-18-14)15(16-7-2)9-8-11(3)4/h10-11,15-16H,6-9H2,1-5H3. The second kappa shape index (κ2) is 7.47. The van der Waals surface area contributed by atoms with Crippen LogP contribution in [-0.4, -0.2) is 16.7 Å². The van der Waals surface area contributed by atoms with Gasteiger partial charge in [-0.05, 0) is 50.3 Å². The van der Waals surface area contributed by atoms with Crippen molar-refractivity contribution >= 4 is 0 Å². The van der Waals surface area contributed by atoms with Crippen LogP contribution in [-0.2, 0) is 6.42 Å². The molecule has 0 fully saturated rings. The Morgan fingerprint density at radius 2 is 1.89 bits per heavy atom. The summed E-state index contributed by atoms with van der Waals surface area (Å²) in [7, 11) is 0. The molecule has 0 amide bonds. The van der Waals surface area contributed by atoms with Gasteiger partial charge in [0.2, 0.25) is 0 Å². The van der Waals surface area contributed by atoms with E-state index in [4.69, 9.17) is 0 Å². The van der Waals surface area contributed by atoms with E-state index in [-0.39, 0.29) is 0 Å². The summed E-state index contributed by atoms with van der Waals surface area (Å²) in [6.45, 7) is 11.9. The lowest BCUT2D eigenvalue weighted by molar-refractivity contribution is 0.444. The number of hydrogen-bond donors (Lipinski definition) is 1. The molecule has 1 atom stereocenters. The first kappa shape index (κ1) is 15.1. The molecule has 0 aliphatic rings. The van der Waals surface area contributed by atoms with Gasteiger partial charge in [0.1, 0.15) is 0 Å². The van der Waals surface area contributed by atoms with Gasteiger partial charge < -0.3 is 5.32 Å². The molecule has 3 heteroatoms. The molecule has 0 aliphatic carbocycles. The predicted octanol–water partition coefficient (Wildman–Crippen LogP) is 3.43. The van der Waals surface area contributed by atoms with Crippen molar-refractivity contribution in [2.75, 3.05) is 6.54 Å². The number of nitrogens with zero attached hydrogens (tertiary/aromatic N) is 2. The lowest BCUT2D eigenvalue weighted by atomic mass is 9.95. The summed E-state index contributed by atoms with van der Waals surface area (Å²) in [5.41, 5.74) is 3.48. The van der Waals surface area contributed by atoms with E-state index in [9.17, 15) is 0 Å². The molecule has 3 nitrogen and oxygen atoms in total. The molecule has 1 aromatic heterocycles. The maximum atomic E-state index is 4.34. The van der Waals surface area contributed by atoms with Crippen molar-refractivity contribution in [1.29, 1.82) is 0 Å². The first-order valence-corrected chi connectivity index (χ1v) is 7.14.